The summed E-state index contributed by atoms with van der Waals surface area (Å²) in [7, 11) is 1.61. The van der Waals surface area contributed by atoms with Gasteiger partial charge in [0.1, 0.15) is 18.1 Å². The number of hydrogen-bond acceptors (Lipinski definition) is 7. The lowest BCUT2D eigenvalue weighted by atomic mass is 10.0. The highest BCUT2D eigenvalue weighted by molar-refractivity contribution is 6.33. The van der Waals surface area contributed by atoms with Gasteiger partial charge in [0.2, 0.25) is 5.91 Å². The number of ether oxygens (including phenoxy) is 2. The SMILES string of the molecule is COc1ccc2c(c1)CCN(C1CCN(C(=O)Cn3cc(-c4cccc(F)c4Cl)c(=O)n(C(C)CNC4(C)COC4)c3=O)CC1)C(=O)N2. The molecule has 3 aliphatic rings. The summed E-state index contributed by atoms with van der Waals surface area (Å²) in [6, 6.07) is 8.89. The van der Waals surface area contributed by atoms with Gasteiger partial charge in [0.05, 0.1) is 42.5 Å². The van der Waals surface area contributed by atoms with Gasteiger partial charge < -0.3 is 29.9 Å². The molecule has 0 radical (unpaired) electrons. The fourth-order valence-corrected chi connectivity index (χ4v) is 6.82. The van der Waals surface area contributed by atoms with Gasteiger partial charge in [0.25, 0.3) is 5.56 Å². The van der Waals surface area contributed by atoms with Crippen molar-refractivity contribution < 1.29 is 23.5 Å². The number of halogens is 2. The van der Waals surface area contributed by atoms with E-state index in [1.165, 1.54) is 29.0 Å². The summed E-state index contributed by atoms with van der Waals surface area (Å²) in [6.45, 7) is 6.04. The standard InChI is InChI=1S/C34H40ClFN6O6/c1-21(16-37-34(2)19-48-20-34)42-31(44)26(25-5-4-6-27(36)30(25)35)17-40(33(42)46)18-29(43)39-12-10-23(11-13-39)41-14-9-22-15-24(47-3)7-8-28(22)38-32(41)45/h4-8,15,17,21,23,37H,9-14,16,18-20H2,1-3H3,(H,38,45). The van der Waals surface area contributed by atoms with Gasteiger partial charge in [-0.25, -0.2) is 14.0 Å². The summed E-state index contributed by atoms with van der Waals surface area (Å²) in [6.07, 6.45) is 3.11. The lowest BCUT2D eigenvalue weighted by molar-refractivity contribution is -0.133. The summed E-state index contributed by atoms with van der Waals surface area (Å²) in [5.41, 5.74) is 0.361. The molecule has 3 aromatic rings. The molecule has 0 spiro atoms. The van der Waals surface area contributed by atoms with E-state index in [0.29, 0.717) is 58.7 Å². The third-order valence-corrected chi connectivity index (χ3v) is 9.92. The Kier molecular flexibility index (Phi) is 9.64. The molecule has 4 heterocycles. The number of carbonyl (C=O) groups excluding carboxylic acids is 2. The van der Waals surface area contributed by atoms with Crippen LogP contribution in [0.2, 0.25) is 5.02 Å². The van der Waals surface area contributed by atoms with Crippen LogP contribution < -0.4 is 26.6 Å². The average molecular weight is 683 g/mol. The normalized spacial score (nSPS) is 18.4. The zero-order valence-electron chi connectivity index (χ0n) is 27.3. The van der Waals surface area contributed by atoms with Gasteiger partial charge in [-0.15, -0.1) is 0 Å². The number of nitrogens with zero attached hydrogens (tertiary/aromatic N) is 4. The maximum Gasteiger partial charge on any atom is 0.331 e. The third kappa shape index (κ3) is 6.71. The van der Waals surface area contributed by atoms with Crippen LogP contribution in [0.1, 0.15) is 38.3 Å². The Bertz CT molecular complexity index is 1830. The molecule has 14 heteroatoms. The van der Waals surface area contributed by atoms with Crippen LogP contribution in [-0.4, -0.2) is 89.0 Å². The Morgan fingerprint density at radius 1 is 1.15 bits per heavy atom. The Balaban J connectivity index is 1.19. The van der Waals surface area contributed by atoms with Crippen molar-refractivity contribution in [1.82, 2.24) is 24.3 Å². The predicted molar refractivity (Wildman–Crippen MR) is 179 cm³/mol. The largest absolute Gasteiger partial charge is 0.497 e. The van der Waals surface area contributed by atoms with E-state index in [0.717, 1.165) is 21.6 Å². The molecular formula is C34H40ClFN6O6. The molecule has 0 saturated carbocycles. The van der Waals surface area contributed by atoms with Gasteiger partial charge in [-0.3, -0.25) is 18.7 Å². The smallest absolute Gasteiger partial charge is 0.331 e. The van der Waals surface area contributed by atoms with E-state index in [-0.39, 0.29) is 46.2 Å². The van der Waals surface area contributed by atoms with Crippen LogP contribution in [0.25, 0.3) is 11.1 Å². The molecule has 2 N–H and O–H groups in total. The van der Waals surface area contributed by atoms with Crippen molar-refractivity contribution in [2.24, 2.45) is 0 Å². The fourth-order valence-electron chi connectivity index (χ4n) is 6.59. The van der Waals surface area contributed by atoms with E-state index in [1.807, 2.05) is 30.0 Å². The second-order valence-electron chi connectivity index (χ2n) is 13.0. The van der Waals surface area contributed by atoms with Crippen molar-refractivity contribution in [2.75, 3.05) is 51.8 Å². The predicted octanol–water partition coefficient (Wildman–Crippen LogP) is 3.50. The maximum absolute atomic E-state index is 14.5. The molecule has 6 rings (SSSR count). The zero-order valence-corrected chi connectivity index (χ0v) is 28.0. The molecule has 2 fully saturated rings. The lowest BCUT2D eigenvalue weighted by Crippen LogP contribution is -2.59. The van der Waals surface area contributed by atoms with Gasteiger partial charge >= 0.3 is 11.7 Å². The number of aromatic nitrogens is 2. The Hall–Kier alpha value is -4.20. The van der Waals surface area contributed by atoms with Crippen molar-refractivity contribution in [1.29, 1.82) is 0 Å². The molecule has 0 aliphatic carbocycles. The van der Waals surface area contributed by atoms with Crippen LogP contribution in [0.15, 0.2) is 52.2 Å². The monoisotopic (exact) mass is 682 g/mol. The minimum Gasteiger partial charge on any atom is -0.497 e. The zero-order chi connectivity index (χ0) is 34.2. The first-order chi connectivity index (χ1) is 23.0. The highest BCUT2D eigenvalue weighted by Gasteiger charge is 2.34. The fraction of sp³-hybridized carbons (Fsp3) is 0.471. The summed E-state index contributed by atoms with van der Waals surface area (Å²) in [5, 5.41) is 6.11. The van der Waals surface area contributed by atoms with Crippen molar-refractivity contribution in [3.05, 3.63) is 79.8 Å². The van der Waals surface area contributed by atoms with E-state index in [2.05, 4.69) is 10.6 Å². The second-order valence-corrected chi connectivity index (χ2v) is 13.4. The Morgan fingerprint density at radius 3 is 2.58 bits per heavy atom. The molecule has 1 aromatic heterocycles. The number of hydrogen-bond donors (Lipinski definition) is 2. The number of anilines is 1. The summed E-state index contributed by atoms with van der Waals surface area (Å²) in [5.74, 6) is -0.277. The summed E-state index contributed by atoms with van der Waals surface area (Å²) < 4.78 is 27.4. The van der Waals surface area contributed by atoms with Crippen LogP contribution in [0.3, 0.4) is 0 Å². The Labute approximate surface area is 282 Å². The maximum atomic E-state index is 14.5. The molecule has 3 amide bonds. The second kappa shape index (κ2) is 13.7. The van der Waals surface area contributed by atoms with E-state index >= 15 is 0 Å². The molecule has 1 atom stereocenters. The van der Waals surface area contributed by atoms with Gasteiger partial charge in [-0.1, -0.05) is 23.7 Å². The number of methoxy groups -OCH3 is 1. The van der Waals surface area contributed by atoms with Crippen molar-refractivity contribution in [3.8, 4) is 16.9 Å². The van der Waals surface area contributed by atoms with E-state index in [4.69, 9.17) is 21.1 Å². The van der Waals surface area contributed by atoms with Crippen LogP contribution in [-0.2, 0) is 22.5 Å². The van der Waals surface area contributed by atoms with Crippen LogP contribution >= 0.6 is 11.6 Å². The average Bonchev–Trinajstić information content (AvgIpc) is 3.23. The van der Waals surface area contributed by atoms with E-state index in [9.17, 15) is 23.6 Å². The van der Waals surface area contributed by atoms with E-state index < -0.39 is 23.1 Å². The van der Waals surface area contributed by atoms with Gasteiger partial charge in [-0.2, -0.15) is 0 Å². The van der Waals surface area contributed by atoms with E-state index in [1.54, 1.807) is 18.9 Å². The lowest BCUT2D eigenvalue weighted by Gasteiger charge is -2.39. The molecule has 48 heavy (non-hydrogen) atoms. The van der Waals surface area contributed by atoms with Crippen molar-refractivity contribution >= 4 is 29.2 Å². The molecule has 2 aromatic carbocycles. The quantitative estimate of drug-likeness (QED) is 0.354. The molecule has 2 saturated heterocycles. The van der Waals surface area contributed by atoms with Gasteiger partial charge in [0, 0.05) is 49.7 Å². The summed E-state index contributed by atoms with van der Waals surface area (Å²) in [4.78, 5) is 57.8. The summed E-state index contributed by atoms with van der Waals surface area (Å²) >= 11 is 6.29. The molecule has 0 bridgehead atoms. The number of rotatable bonds is 9. The highest BCUT2D eigenvalue weighted by atomic mass is 35.5. The Morgan fingerprint density at radius 2 is 1.90 bits per heavy atom. The molecule has 1 unspecified atom stereocenters. The highest BCUT2D eigenvalue weighted by Crippen LogP contribution is 2.29. The number of benzene rings is 2. The first kappa shape index (κ1) is 33.7. The number of urea groups is 1. The minimum atomic E-state index is -0.703. The topological polar surface area (TPSA) is 127 Å². The molecular weight excluding hydrogens is 643 g/mol. The molecule has 3 aliphatic heterocycles. The molecule has 256 valence electrons. The first-order valence-corrected chi connectivity index (χ1v) is 16.5. The molecule has 12 nitrogen and oxygen atoms in total. The number of carbonyl (C=O) groups is 2. The van der Waals surface area contributed by atoms with Crippen molar-refractivity contribution in [2.45, 2.75) is 57.3 Å². The van der Waals surface area contributed by atoms with Crippen LogP contribution in [0.4, 0.5) is 14.9 Å². The number of piperidine rings is 1. The minimum absolute atomic E-state index is 0.0152. The van der Waals surface area contributed by atoms with Gasteiger partial charge in [-0.05, 0) is 62.9 Å². The van der Waals surface area contributed by atoms with Crippen LogP contribution in [0, 0.1) is 5.82 Å². The third-order valence-electron chi connectivity index (χ3n) is 9.53. The first-order valence-electron chi connectivity index (χ1n) is 16.1. The number of amides is 3. The number of fused-ring (bicyclic) bond motifs is 1. The number of likely N-dealkylation sites (tertiary alicyclic amines) is 1. The van der Waals surface area contributed by atoms with Gasteiger partial charge in [0.15, 0.2) is 0 Å². The van der Waals surface area contributed by atoms with Crippen LogP contribution in [0.5, 0.6) is 5.75 Å². The number of nitrogens with one attached hydrogen (secondary N) is 2. The van der Waals surface area contributed by atoms with Crippen molar-refractivity contribution in [3.63, 3.8) is 0 Å².